The van der Waals surface area contributed by atoms with Gasteiger partial charge in [-0.15, -0.1) is 0 Å². The molecule has 0 N–H and O–H groups in total. The summed E-state index contributed by atoms with van der Waals surface area (Å²) in [6.45, 7) is 2.18. The Labute approximate surface area is 370 Å². The van der Waals surface area contributed by atoms with Crippen molar-refractivity contribution in [1.29, 1.82) is 0 Å². The molecule has 4 nitrogen and oxygen atoms in total. The molecule has 12 rings (SSSR count). The van der Waals surface area contributed by atoms with Crippen LogP contribution in [0.15, 0.2) is 221 Å². The Hall–Kier alpha value is -8.34. The summed E-state index contributed by atoms with van der Waals surface area (Å²) in [6.07, 6.45) is 0.662. The lowest BCUT2D eigenvalue weighted by atomic mass is 9.84. The first-order valence-corrected chi connectivity index (χ1v) is 21.8. The molecule has 9 aromatic carbocycles. The minimum atomic E-state index is 0.662. The second-order valence-corrected chi connectivity index (χ2v) is 16.5. The van der Waals surface area contributed by atoms with E-state index < -0.39 is 0 Å². The fourth-order valence-electron chi connectivity index (χ4n) is 9.48. The number of fused-ring (bicyclic) bond motifs is 7. The number of rotatable bonds is 8. The van der Waals surface area contributed by atoms with Gasteiger partial charge in [0, 0.05) is 38.4 Å². The van der Waals surface area contributed by atoms with Crippen molar-refractivity contribution in [2.45, 2.75) is 13.3 Å². The highest BCUT2D eigenvalue weighted by atomic mass is 16.3. The lowest BCUT2D eigenvalue weighted by molar-refractivity contribution is 0.663. The SMILES string of the molecule is Cc1ccc2c(oc3ccc4c5ccccc5oc4c32)c1-c1ccccc1Cc1c(-c2ccccc2)cc(-c2nc(-c3ccccc3)cc(-c3ccccc3)n2)cc1-c1ccccc1. The summed E-state index contributed by atoms with van der Waals surface area (Å²) in [7, 11) is 0. The molecule has 0 spiro atoms. The van der Waals surface area contributed by atoms with E-state index in [2.05, 4.69) is 195 Å². The zero-order valence-electron chi connectivity index (χ0n) is 35.1. The zero-order valence-corrected chi connectivity index (χ0v) is 35.1. The van der Waals surface area contributed by atoms with E-state index in [1.54, 1.807) is 0 Å². The third-order valence-corrected chi connectivity index (χ3v) is 12.6. The van der Waals surface area contributed by atoms with E-state index in [0.717, 1.165) is 111 Å². The molecule has 0 unspecified atom stereocenters. The lowest BCUT2D eigenvalue weighted by Gasteiger charge is -2.20. The molecule has 3 heterocycles. The summed E-state index contributed by atoms with van der Waals surface area (Å²) < 4.78 is 13.4. The molecule has 0 aliphatic rings. The van der Waals surface area contributed by atoms with Gasteiger partial charge >= 0.3 is 0 Å². The number of benzene rings is 9. The summed E-state index contributed by atoms with van der Waals surface area (Å²) in [5.41, 5.74) is 18.5. The van der Waals surface area contributed by atoms with Crippen LogP contribution in [0.5, 0.6) is 0 Å². The van der Waals surface area contributed by atoms with Gasteiger partial charge in [0.2, 0.25) is 0 Å². The molecule has 12 aromatic rings. The number of para-hydroxylation sites is 1. The van der Waals surface area contributed by atoms with Gasteiger partial charge in [0.05, 0.1) is 16.8 Å². The van der Waals surface area contributed by atoms with Gasteiger partial charge in [-0.05, 0) is 94.3 Å². The van der Waals surface area contributed by atoms with E-state index in [-0.39, 0.29) is 0 Å². The van der Waals surface area contributed by atoms with Gasteiger partial charge in [-0.2, -0.15) is 0 Å². The van der Waals surface area contributed by atoms with E-state index in [4.69, 9.17) is 18.8 Å². The van der Waals surface area contributed by atoms with Crippen LogP contribution in [0.2, 0.25) is 0 Å². The van der Waals surface area contributed by atoms with Crippen molar-refractivity contribution in [2.75, 3.05) is 0 Å². The molecule has 0 saturated heterocycles. The Morgan fingerprint density at radius 2 is 0.922 bits per heavy atom. The Bertz CT molecular complexity index is 3570. The number of aryl methyl sites for hydroxylation is 1. The van der Waals surface area contributed by atoms with E-state index >= 15 is 0 Å². The highest BCUT2D eigenvalue weighted by Gasteiger charge is 2.23. The molecular formula is C60H40N2O2. The molecule has 0 aliphatic carbocycles. The van der Waals surface area contributed by atoms with Crippen LogP contribution in [0, 0.1) is 6.92 Å². The van der Waals surface area contributed by atoms with Gasteiger partial charge in [0.1, 0.15) is 22.3 Å². The maximum Gasteiger partial charge on any atom is 0.160 e. The monoisotopic (exact) mass is 820 g/mol. The average molecular weight is 821 g/mol. The van der Waals surface area contributed by atoms with Gasteiger partial charge in [0.15, 0.2) is 5.82 Å². The summed E-state index contributed by atoms with van der Waals surface area (Å²) in [5.74, 6) is 0.673. The Morgan fingerprint density at radius 3 is 1.56 bits per heavy atom. The predicted molar refractivity (Wildman–Crippen MR) is 263 cm³/mol. The quantitative estimate of drug-likeness (QED) is 0.153. The van der Waals surface area contributed by atoms with Crippen molar-refractivity contribution in [3.8, 4) is 67.3 Å². The van der Waals surface area contributed by atoms with Gasteiger partial charge in [-0.25, -0.2) is 9.97 Å². The summed E-state index contributed by atoms with van der Waals surface area (Å²) in [5, 5.41) is 4.24. The van der Waals surface area contributed by atoms with Crippen LogP contribution in [-0.2, 0) is 6.42 Å². The van der Waals surface area contributed by atoms with Crippen molar-refractivity contribution >= 4 is 43.9 Å². The van der Waals surface area contributed by atoms with Crippen LogP contribution < -0.4 is 0 Å². The third-order valence-electron chi connectivity index (χ3n) is 12.6. The lowest BCUT2D eigenvalue weighted by Crippen LogP contribution is -2.02. The smallest absolute Gasteiger partial charge is 0.160 e. The van der Waals surface area contributed by atoms with Crippen LogP contribution in [0.1, 0.15) is 16.7 Å². The number of nitrogens with zero attached hydrogens (tertiary/aromatic N) is 2. The van der Waals surface area contributed by atoms with Crippen molar-refractivity contribution in [3.63, 3.8) is 0 Å². The summed E-state index contributed by atoms with van der Waals surface area (Å²) in [4.78, 5) is 10.6. The normalized spacial score (nSPS) is 11.6. The minimum absolute atomic E-state index is 0.662. The number of hydrogen-bond acceptors (Lipinski definition) is 4. The first kappa shape index (κ1) is 37.4. The molecule has 64 heavy (non-hydrogen) atoms. The van der Waals surface area contributed by atoms with Crippen molar-refractivity contribution < 1.29 is 8.83 Å². The maximum atomic E-state index is 6.89. The van der Waals surface area contributed by atoms with Gasteiger partial charge < -0.3 is 8.83 Å². The van der Waals surface area contributed by atoms with E-state index in [1.807, 2.05) is 24.3 Å². The molecular weight excluding hydrogens is 781 g/mol. The molecule has 0 atom stereocenters. The summed E-state index contributed by atoms with van der Waals surface area (Å²) in [6, 6.07) is 74.5. The summed E-state index contributed by atoms with van der Waals surface area (Å²) >= 11 is 0. The molecule has 0 radical (unpaired) electrons. The average Bonchev–Trinajstić information content (AvgIpc) is 3.94. The van der Waals surface area contributed by atoms with Crippen LogP contribution in [0.4, 0.5) is 0 Å². The second kappa shape index (κ2) is 15.5. The Kier molecular flexibility index (Phi) is 9.08. The number of hydrogen-bond donors (Lipinski definition) is 0. The highest BCUT2D eigenvalue weighted by molar-refractivity contribution is 6.23. The molecule has 0 aliphatic heterocycles. The molecule has 4 heteroatoms. The molecule has 0 fully saturated rings. The second-order valence-electron chi connectivity index (χ2n) is 16.5. The largest absolute Gasteiger partial charge is 0.455 e. The van der Waals surface area contributed by atoms with Gasteiger partial charge in [0.25, 0.3) is 0 Å². The minimum Gasteiger partial charge on any atom is -0.455 e. The number of aromatic nitrogens is 2. The third kappa shape index (κ3) is 6.47. The zero-order chi connectivity index (χ0) is 42.6. The van der Waals surface area contributed by atoms with E-state index in [1.165, 1.54) is 11.1 Å². The van der Waals surface area contributed by atoms with Crippen molar-refractivity contribution in [1.82, 2.24) is 9.97 Å². The van der Waals surface area contributed by atoms with Crippen molar-refractivity contribution in [3.05, 3.63) is 229 Å². The van der Waals surface area contributed by atoms with Crippen molar-refractivity contribution in [2.24, 2.45) is 0 Å². The van der Waals surface area contributed by atoms with Gasteiger partial charge in [-0.1, -0.05) is 176 Å². The molecule has 3 aromatic heterocycles. The maximum absolute atomic E-state index is 6.89. The van der Waals surface area contributed by atoms with Crippen LogP contribution in [-0.4, -0.2) is 9.97 Å². The Balaban J connectivity index is 1.07. The van der Waals surface area contributed by atoms with Crippen LogP contribution in [0.3, 0.4) is 0 Å². The predicted octanol–water partition coefficient (Wildman–Crippen LogP) is 16.2. The first-order valence-electron chi connectivity index (χ1n) is 21.8. The molecule has 0 amide bonds. The molecule has 0 saturated carbocycles. The highest BCUT2D eigenvalue weighted by Crippen LogP contribution is 2.45. The van der Waals surface area contributed by atoms with Gasteiger partial charge in [-0.3, -0.25) is 0 Å². The fourth-order valence-corrected chi connectivity index (χ4v) is 9.48. The topological polar surface area (TPSA) is 52.1 Å². The van der Waals surface area contributed by atoms with Crippen LogP contribution >= 0.6 is 0 Å². The molecule has 0 bridgehead atoms. The number of furan rings is 2. The van der Waals surface area contributed by atoms with Crippen LogP contribution in [0.25, 0.3) is 111 Å². The Morgan fingerprint density at radius 1 is 0.391 bits per heavy atom. The first-order chi connectivity index (χ1) is 31.6. The molecule has 302 valence electrons. The van der Waals surface area contributed by atoms with E-state index in [9.17, 15) is 0 Å². The fraction of sp³-hybridized carbons (Fsp3) is 0.0333. The standard InChI is InChI=1S/C60H40N2O2/c1-38-30-31-48-57-55(33-32-47-46-28-16-17-29-54(46)63-58(47)57)64-59(48)56(38)45-27-15-14-26-43(45)34-51-49(39-18-6-2-7-19-39)35-44(36-50(51)40-20-8-3-9-21-40)60-61-52(41-22-10-4-11-23-41)37-53(62-60)42-24-12-5-13-25-42/h2-33,35-37H,34H2,1H3. The van der Waals surface area contributed by atoms with E-state index in [0.29, 0.717) is 12.2 Å².